The first-order chi connectivity index (χ1) is 9.67. The lowest BCUT2D eigenvalue weighted by Gasteiger charge is -2.06. The predicted molar refractivity (Wildman–Crippen MR) is 96.7 cm³/mol. The second kappa shape index (κ2) is 8.27. The number of nitrogens with two attached hydrogens (primary N) is 1. The van der Waals surface area contributed by atoms with Gasteiger partial charge in [-0.15, -0.1) is 24.0 Å². The van der Waals surface area contributed by atoms with Crippen molar-refractivity contribution in [2.75, 3.05) is 5.32 Å². The zero-order valence-corrected chi connectivity index (χ0v) is 14.0. The molecule has 0 atom stereocenters. The first-order valence-electron chi connectivity index (χ1n) is 6.30. The van der Waals surface area contributed by atoms with E-state index in [9.17, 15) is 0 Å². The summed E-state index contributed by atoms with van der Waals surface area (Å²) in [5, 5.41) is 11.9. The predicted octanol–water partition coefficient (Wildman–Crippen LogP) is 3.41. The van der Waals surface area contributed by atoms with Crippen molar-refractivity contribution in [1.82, 2.24) is 0 Å². The highest BCUT2D eigenvalue weighted by atomic mass is 127. The summed E-state index contributed by atoms with van der Waals surface area (Å²) in [7, 11) is 0. The van der Waals surface area contributed by atoms with Gasteiger partial charge >= 0.3 is 0 Å². The number of aliphatic imine (C=N–C) groups is 1. The van der Waals surface area contributed by atoms with Gasteiger partial charge in [-0.2, -0.15) is 5.26 Å². The number of benzene rings is 2. The molecule has 2 rings (SSSR count). The number of halogens is 1. The van der Waals surface area contributed by atoms with Crippen molar-refractivity contribution < 1.29 is 0 Å². The van der Waals surface area contributed by atoms with E-state index in [1.54, 1.807) is 6.07 Å². The molecule has 5 heteroatoms. The van der Waals surface area contributed by atoms with Gasteiger partial charge < -0.3 is 11.1 Å². The van der Waals surface area contributed by atoms with Crippen LogP contribution in [0.15, 0.2) is 53.5 Å². The number of rotatable bonds is 3. The number of guanidine groups is 1. The smallest absolute Gasteiger partial charge is 0.193 e. The van der Waals surface area contributed by atoms with Crippen LogP contribution in [0.3, 0.4) is 0 Å². The van der Waals surface area contributed by atoms with Crippen LogP contribution in [0.4, 0.5) is 5.69 Å². The summed E-state index contributed by atoms with van der Waals surface area (Å²) < 4.78 is 0. The molecule has 2 aromatic rings. The molecular formula is C16H17IN4. The van der Waals surface area contributed by atoms with Gasteiger partial charge in [0, 0.05) is 5.69 Å². The number of aryl methyl sites for hydroxylation is 1. The molecule has 108 valence electrons. The van der Waals surface area contributed by atoms with Crippen LogP contribution in [0.2, 0.25) is 0 Å². The van der Waals surface area contributed by atoms with Gasteiger partial charge in [-0.05, 0) is 36.8 Å². The van der Waals surface area contributed by atoms with Crippen LogP contribution >= 0.6 is 24.0 Å². The summed E-state index contributed by atoms with van der Waals surface area (Å²) in [6, 6.07) is 17.4. The zero-order chi connectivity index (χ0) is 14.4. The monoisotopic (exact) mass is 392 g/mol. The summed E-state index contributed by atoms with van der Waals surface area (Å²) in [6.07, 6.45) is 0. The molecule has 0 bridgehead atoms. The lowest BCUT2D eigenvalue weighted by atomic mass is 10.1. The molecule has 0 unspecified atom stereocenters. The maximum atomic E-state index is 8.83. The number of anilines is 1. The molecule has 0 heterocycles. The lowest BCUT2D eigenvalue weighted by molar-refractivity contribution is 1.06. The van der Waals surface area contributed by atoms with E-state index < -0.39 is 0 Å². The average Bonchev–Trinajstić information content (AvgIpc) is 2.48. The van der Waals surface area contributed by atoms with E-state index in [0.717, 1.165) is 11.3 Å². The minimum Gasteiger partial charge on any atom is -0.370 e. The quantitative estimate of drug-likeness (QED) is 0.478. The molecule has 3 N–H and O–H groups in total. The zero-order valence-electron chi connectivity index (χ0n) is 11.7. The molecule has 0 radical (unpaired) electrons. The molecule has 0 amide bonds. The molecule has 0 saturated heterocycles. The van der Waals surface area contributed by atoms with Gasteiger partial charge in [0.1, 0.15) is 0 Å². The van der Waals surface area contributed by atoms with Gasteiger partial charge in [-0.25, -0.2) is 4.99 Å². The maximum Gasteiger partial charge on any atom is 0.193 e. The first-order valence-corrected chi connectivity index (χ1v) is 6.30. The Bertz CT molecular complexity index is 657. The topological polar surface area (TPSA) is 74.2 Å². The van der Waals surface area contributed by atoms with E-state index in [1.165, 1.54) is 5.56 Å². The highest BCUT2D eigenvalue weighted by molar-refractivity contribution is 14.0. The van der Waals surface area contributed by atoms with Gasteiger partial charge in [-0.1, -0.05) is 29.8 Å². The van der Waals surface area contributed by atoms with E-state index in [-0.39, 0.29) is 24.0 Å². The second-order valence-corrected chi connectivity index (χ2v) is 4.50. The van der Waals surface area contributed by atoms with Crippen LogP contribution in [0.5, 0.6) is 0 Å². The van der Waals surface area contributed by atoms with E-state index in [4.69, 9.17) is 11.0 Å². The van der Waals surface area contributed by atoms with Gasteiger partial charge in [0.15, 0.2) is 5.96 Å². The Hall–Kier alpha value is -2.07. The highest BCUT2D eigenvalue weighted by Gasteiger charge is 1.97. The molecule has 0 aromatic heterocycles. The number of hydrogen-bond donors (Lipinski definition) is 2. The van der Waals surface area contributed by atoms with Crippen molar-refractivity contribution in [3.8, 4) is 6.07 Å². The van der Waals surface area contributed by atoms with Crippen LogP contribution in [0.25, 0.3) is 0 Å². The Morgan fingerprint density at radius 3 is 2.62 bits per heavy atom. The van der Waals surface area contributed by atoms with Crippen molar-refractivity contribution in [1.29, 1.82) is 5.26 Å². The van der Waals surface area contributed by atoms with Crippen LogP contribution in [-0.2, 0) is 6.54 Å². The average molecular weight is 392 g/mol. The van der Waals surface area contributed by atoms with Crippen molar-refractivity contribution in [2.45, 2.75) is 13.5 Å². The number of nitrogens with one attached hydrogen (secondary N) is 1. The third-order valence-electron chi connectivity index (χ3n) is 2.81. The largest absolute Gasteiger partial charge is 0.370 e. The van der Waals surface area contributed by atoms with E-state index in [2.05, 4.69) is 16.4 Å². The standard InChI is InChI=1S/C16H16N4.HI/c1-12-5-7-15(8-6-12)20-16(18)19-11-14-4-2-3-13(9-14)10-17;/h2-9H,11H2,1H3,(H3,18,19,20);1H. The Morgan fingerprint density at radius 2 is 1.95 bits per heavy atom. The third-order valence-corrected chi connectivity index (χ3v) is 2.81. The minimum atomic E-state index is 0. The van der Waals surface area contributed by atoms with E-state index >= 15 is 0 Å². The van der Waals surface area contributed by atoms with Crippen molar-refractivity contribution in [3.05, 3.63) is 65.2 Å². The number of nitrogens with zero attached hydrogens (tertiary/aromatic N) is 2. The van der Waals surface area contributed by atoms with Gasteiger partial charge in [0.2, 0.25) is 0 Å². The maximum absolute atomic E-state index is 8.83. The molecule has 2 aromatic carbocycles. The summed E-state index contributed by atoms with van der Waals surface area (Å²) in [6.45, 7) is 2.48. The summed E-state index contributed by atoms with van der Waals surface area (Å²) in [5.41, 5.74) is 9.52. The highest BCUT2D eigenvalue weighted by Crippen LogP contribution is 2.09. The van der Waals surface area contributed by atoms with E-state index in [1.807, 2.05) is 49.4 Å². The molecular weight excluding hydrogens is 375 g/mol. The molecule has 0 spiro atoms. The Labute approximate surface area is 141 Å². The van der Waals surface area contributed by atoms with Crippen molar-refractivity contribution >= 4 is 35.6 Å². The van der Waals surface area contributed by atoms with Crippen LogP contribution in [-0.4, -0.2) is 5.96 Å². The summed E-state index contributed by atoms with van der Waals surface area (Å²) in [5.74, 6) is 0.358. The molecule has 0 aliphatic carbocycles. The van der Waals surface area contributed by atoms with Crippen molar-refractivity contribution in [2.24, 2.45) is 10.7 Å². The third kappa shape index (κ3) is 5.44. The van der Waals surface area contributed by atoms with Gasteiger partial charge in [-0.3, -0.25) is 0 Å². The number of nitriles is 1. The van der Waals surface area contributed by atoms with Crippen LogP contribution in [0, 0.1) is 18.3 Å². The Morgan fingerprint density at radius 1 is 1.24 bits per heavy atom. The molecule has 21 heavy (non-hydrogen) atoms. The molecule has 0 aliphatic heterocycles. The summed E-state index contributed by atoms with van der Waals surface area (Å²) >= 11 is 0. The summed E-state index contributed by atoms with van der Waals surface area (Å²) in [4.78, 5) is 4.26. The molecule has 0 fully saturated rings. The van der Waals surface area contributed by atoms with Gasteiger partial charge in [0.05, 0.1) is 18.2 Å². The SMILES string of the molecule is Cc1ccc(NC(N)=NCc2cccc(C#N)c2)cc1.I. The lowest BCUT2D eigenvalue weighted by Crippen LogP contribution is -2.22. The first kappa shape index (κ1) is 17.0. The Balaban J connectivity index is 0.00000220. The van der Waals surface area contributed by atoms with Crippen LogP contribution in [0.1, 0.15) is 16.7 Å². The van der Waals surface area contributed by atoms with Crippen molar-refractivity contribution in [3.63, 3.8) is 0 Å². The molecule has 0 aliphatic rings. The van der Waals surface area contributed by atoms with Gasteiger partial charge in [0.25, 0.3) is 0 Å². The second-order valence-electron chi connectivity index (χ2n) is 4.50. The Kier molecular flexibility index (Phi) is 6.69. The van der Waals surface area contributed by atoms with Crippen LogP contribution < -0.4 is 11.1 Å². The number of hydrogen-bond acceptors (Lipinski definition) is 2. The fourth-order valence-corrected chi connectivity index (χ4v) is 1.74. The minimum absolute atomic E-state index is 0. The fraction of sp³-hybridized carbons (Fsp3) is 0.125. The fourth-order valence-electron chi connectivity index (χ4n) is 1.74. The molecule has 4 nitrogen and oxygen atoms in total. The molecule has 0 saturated carbocycles. The normalized spacial score (nSPS) is 10.4. The van der Waals surface area contributed by atoms with E-state index in [0.29, 0.717) is 18.1 Å².